The molecule has 0 aliphatic carbocycles. The SMILES string of the molecule is CC(O)(CCCC(F)(F)F)Cc1ccc2ccccc2n1. The molecule has 2 nitrogen and oxygen atoms in total. The van der Waals surface area contributed by atoms with Gasteiger partial charge in [-0.15, -0.1) is 0 Å². The maximum absolute atomic E-state index is 12.1. The van der Waals surface area contributed by atoms with Crippen LogP contribution in [0.15, 0.2) is 36.4 Å². The van der Waals surface area contributed by atoms with Gasteiger partial charge in [0.25, 0.3) is 0 Å². The van der Waals surface area contributed by atoms with Crippen molar-refractivity contribution in [2.45, 2.75) is 44.4 Å². The zero-order valence-corrected chi connectivity index (χ0v) is 11.8. The summed E-state index contributed by atoms with van der Waals surface area (Å²) in [5.41, 5.74) is 0.326. The summed E-state index contributed by atoms with van der Waals surface area (Å²) in [4.78, 5) is 4.44. The standard InChI is InChI=1S/C16H18F3NO/c1-15(21,9-4-10-16(17,18)19)11-13-8-7-12-5-2-3-6-14(12)20-13/h2-3,5-8,21H,4,9-11H2,1H3. The van der Waals surface area contributed by atoms with Crippen molar-refractivity contribution in [3.05, 3.63) is 42.1 Å². The van der Waals surface area contributed by atoms with E-state index < -0.39 is 18.2 Å². The molecular weight excluding hydrogens is 279 g/mol. The summed E-state index contributed by atoms with van der Waals surface area (Å²) in [6, 6.07) is 11.3. The Morgan fingerprint density at radius 1 is 1.05 bits per heavy atom. The van der Waals surface area contributed by atoms with E-state index in [2.05, 4.69) is 4.98 Å². The van der Waals surface area contributed by atoms with Crippen LogP contribution in [0.5, 0.6) is 0 Å². The van der Waals surface area contributed by atoms with Crippen molar-refractivity contribution in [2.24, 2.45) is 0 Å². The molecule has 21 heavy (non-hydrogen) atoms. The fourth-order valence-corrected chi connectivity index (χ4v) is 2.35. The first-order valence-corrected chi connectivity index (χ1v) is 6.89. The van der Waals surface area contributed by atoms with E-state index in [0.29, 0.717) is 5.69 Å². The van der Waals surface area contributed by atoms with Crippen molar-refractivity contribution < 1.29 is 18.3 Å². The first-order valence-electron chi connectivity index (χ1n) is 6.89. The van der Waals surface area contributed by atoms with Crippen molar-refractivity contribution in [1.82, 2.24) is 4.98 Å². The van der Waals surface area contributed by atoms with Crippen LogP contribution in [0.3, 0.4) is 0 Å². The summed E-state index contributed by atoms with van der Waals surface area (Å²) in [5.74, 6) is 0. The van der Waals surface area contributed by atoms with Gasteiger partial charge in [0.05, 0.1) is 11.1 Å². The fourth-order valence-electron chi connectivity index (χ4n) is 2.35. The normalized spacial score (nSPS) is 15.1. The maximum Gasteiger partial charge on any atom is 0.389 e. The van der Waals surface area contributed by atoms with E-state index in [-0.39, 0.29) is 19.3 Å². The molecule has 2 rings (SSSR count). The summed E-state index contributed by atoms with van der Waals surface area (Å²) in [6.07, 6.45) is -4.77. The van der Waals surface area contributed by atoms with E-state index in [1.165, 1.54) is 0 Å². The second-order valence-electron chi connectivity index (χ2n) is 5.64. The largest absolute Gasteiger partial charge is 0.390 e. The number of fused-ring (bicyclic) bond motifs is 1. The minimum Gasteiger partial charge on any atom is -0.390 e. The number of hydrogen-bond acceptors (Lipinski definition) is 2. The molecule has 114 valence electrons. The number of benzene rings is 1. The van der Waals surface area contributed by atoms with Gasteiger partial charge < -0.3 is 5.11 Å². The fraction of sp³-hybridized carbons (Fsp3) is 0.438. The van der Waals surface area contributed by atoms with Crippen LogP contribution >= 0.6 is 0 Å². The van der Waals surface area contributed by atoms with Gasteiger partial charge in [-0.2, -0.15) is 13.2 Å². The van der Waals surface area contributed by atoms with Crippen molar-refractivity contribution in [3.63, 3.8) is 0 Å². The highest BCUT2D eigenvalue weighted by Crippen LogP contribution is 2.26. The van der Waals surface area contributed by atoms with Crippen LogP contribution in [0, 0.1) is 0 Å². The molecule has 0 saturated heterocycles. The molecule has 0 saturated carbocycles. The number of nitrogens with zero attached hydrogens (tertiary/aromatic N) is 1. The highest BCUT2D eigenvalue weighted by molar-refractivity contribution is 5.78. The Morgan fingerprint density at radius 3 is 2.48 bits per heavy atom. The van der Waals surface area contributed by atoms with Crippen LogP contribution in [-0.2, 0) is 6.42 Å². The second-order valence-corrected chi connectivity index (χ2v) is 5.64. The molecule has 0 fully saturated rings. The average molecular weight is 297 g/mol. The van der Waals surface area contributed by atoms with Crippen LogP contribution in [-0.4, -0.2) is 21.9 Å². The number of hydrogen-bond donors (Lipinski definition) is 1. The van der Waals surface area contributed by atoms with Crippen LogP contribution in [0.4, 0.5) is 13.2 Å². The van der Waals surface area contributed by atoms with Crippen molar-refractivity contribution in [2.75, 3.05) is 0 Å². The molecular formula is C16H18F3NO. The van der Waals surface area contributed by atoms with Crippen LogP contribution in [0.2, 0.25) is 0 Å². The Balaban J connectivity index is 2.00. The third-order valence-electron chi connectivity index (χ3n) is 3.39. The molecule has 0 amide bonds. The lowest BCUT2D eigenvalue weighted by Crippen LogP contribution is -2.28. The van der Waals surface area contributed by atoms with Gasteiger partial charge in [0, 0.05) is 23.9 Å². The molecule has 1 unspecified atom stereocenters. The minimum absolute atomic E-state index is 0.0793. The number of pyridine rings is 1. The first kappa shape index (κ1) is 15.8. The Morgan fingerprint density at radius 2 is 1.76 bits per heavy atom. The molecule has 2 aromatic rings. The molecule has 0 bridgehead atoms. The molecule has 1 atom stereocenters. The first-order chi connectivity index (χ1) is 9.75. The van der Waals surface area contributed by atoms with Crippen LogP contribution < -0.4 is 0 Å². The van der Waals surface area contributed by atoms with Gasteiger partial charge in [0.1, 0.15) is 0 Å². The average Bonchev–Trinajstić information content (AvgIpc) is 2.36. The Hall–Kier alpha value is -1.62. The van der Waals surface area contributed by atoms with Crippen molar-refractivity contribution in [3.8, 4) is 0 Å². The van der Waals surface area contributed by atoms with E-state index in [0.717, 1.165) is 10.9 Å². The van der Waals surface area contributed by atoms with E-state index in [1.54, 1.807) is 13.0 Å². The van der Waals surface area contributed by atoms with E-state index in [1.807, 2.05) is 30.3 Å². The summed E-state index contributed by atoms with van der Waals surface area (Å²) < 4.78 is 36.4. The van der Waals surface area contributed by atoms with E-state index >= 15 is 0 Å². The summed E-state index contributed by atoms with van der Waals surface area (Å²) >= 11 is 0. The molecule has 1 N–H and O–H groups in total. The van der Waals surface area contributed by atoms with Crippen molar-refractivity contribution in [1.29, 1.82) is 0 Å². The number of halogens is 3. The van der Waals surface area contributed by atoms with Crippen LogP contribution in [0.25, 0.3) is 10.9 Å². The van der Waals surface area contributed by atoms with Gasteiger partial charge in [-0.25, -0.2) is 0 Å². The topological polar surface area (TPSA) is 33.1 Å². The van der Waals surface area contributed by atoms with E-state index in [4.69, 9.17) is 0 Å². The second kappa shape index (κ2) is 6.02. The Labute approximate surface area is 121 Å². The monoisotopic (exact) mass is 297 g/mol. The molecule has 0 spiro atoms. The predicted octanol–water partition coefficient (Wildman–Crippen LogP) is 4.26. The van der Waals surface area contributed by atoms with Gasteiger partial charge in [0.2, 0.25) is 0 Å². The number of para-hydroxylation sites is 1. The third kappa shape index (κ3) is 5.01. The summed E-state index contributed by atoms with van der Waals surface area (Å²) in [7, 11) is 0. The third-order valence-corrected chi connectivity index (χ3v) is 3.39. The summed E-state index contributed by atoms with van der Waals surface area (Å²) in [6.45, 7) is 1.56. The maximum atomic E-state index is 12.1. The zero-order valence-electron chi connectivity index (χ0n) is 11.8. The molecule has 0 aliphatic heterocycles. The lowest BCUT2D eigenvalue weighted by atomic mass is 9.93. The molecule has 0 radical (unpaired) electrons. The van der Waals surface area contributed by atoms with Crippen LogP contribution in [0.1, 0.15) is 31.9 Å². The smallest absolute Gasteiger partial charge is 0.389 e. The quantitative estimate of drug-likeness (QED) is 0.894. The van der Waals surface area contributed by atoms with Crippen molar-refractivity contribution >= 4 is 10.9 Å². The lowest BCUT2D eigenvalue weighted by Gasteiger charge is -2.23. The highest BCUT2D eigenvalue weighted by Gasteiger charge is 2.29. The predicted molar refractivity (Wildman–Crippen MR) is 76.0 cm³/mol. The Kier molecular flexibility index (Phi) is 4.52. The van der Waals surface area contributed by atoms with Gasteiger partial charge in [0.15, 0.2) is 0 Å². The molecule has 5 heteroatoms. The molecule has 1 aromatic heterocycles. The summed E-state index contributed by atoms with van der Waals surface area (Å²) in [5, 5.41) is 11.2. The molecule has 1 aromatic carbocycles. The number of aliphatic hydroxyl groups is 1. The van der Waals surface area contributed by atoms with Gasteiger partial charge >= 0.3 is 6.18 Å². The highest BCUT2D eigenvalue weighted by atomic mass is 19.4. The van der Waals surface area contributed by atoms with Gasteiger partial charge in [-0.1, -0.05) is 24.3 Å². The Bertz CT molecular complexity index is 608. The van der Waals surface area contributed by atoms with E-state index in [9.17, 15) is 18.3 Å². The number of alkyl halides is 3. The zero-order chi connectivity index (χ0) is 15.5. The number of aromatic nitrogens is 1. The molecule has 1 heterocycles. The number of rotatable bonds is 5. The molecule has 0 aliphatic rings. The van der Waals surface area contributed by atoms with Gasteiger partial charge in [-0.05, 0) is 31.9 Å². The van der Waals surface area contributed by atoms with Gasteiger partial charge in [-0.3, -0.25) is 4.98 Å². The lowest BCUT2D eigenvalue weighted by molar-refractivity contribution is -0.137. The minimum atomic E-state index is -4.17.